The minimum atomic E-state index is -2.77. The lowest BCUT2D eigenvalue weighted by molar-refractivity contribution is -0.140. The van der Waals surface area contributed by atoms with E-state index in [-0.39, 0.29) is 39.5 Å². The third-order valence-corrected chi connectivity index (χ3v) is 7.87. The predicted molar refractivity (Wildman–Crippen MR) is 149 cm³/mol. The molecule has 1 aliphatic heterocycles. The maximum Gasteiger partial charge on any atom is 0.696 e. The molecule has 41 heavy (non-hydrogen) atoms. The van der Waals surface area contributed by atoms with E-state index in [1.807, 2.05) is 9.80 Å². The van der Waals surface area contributed by atoms with Crippen molar-refractivity contribution in [2.24, 2.45) is 5.92 Å². The molecule has 1 saturated heterocycles. The highest BCUT2D eigenvalue weighted by Gasteiger charge is 2.25. The van der Waals surface area contributed by atoms with E-state index in [4.69, 9.17) is 9.42 Å². The van der Waals surface area contributed by atoms with Gasteiger partial charge >= 0.3 is 26.2 Å². The number of aliphatic hydroxyl groups is 1. The van der Waals surface area contributed by atoms with Crippen molar-refractivity contribution in [1.82, 2.24) is 24.5 Å². The number of carbonyl (C=O) groups is 3. The molecular weight excluding hydrogens is 561 g/mol. The van der Waals surface area contributed by atoms with Gasteiger partial charge in [0.2, 0.25) is 0 Å². The van der Waals surface area contributed by atoms with Gasteiger partial charge in [-0.2, -0.15) is 0 Å². The second-order valence-electron chi connectivity index (χ2n) is 11.0. The summed E-state index contributed by atoms with van der Waals surface area (Å²) >= 11 is 0. The molecule has 2 fully saturated rings. The Morgan fingerprint density at radius 1 is 0.756 bits per heavy atom. The van der Waals surface area contributed by atoms with Crippen LogP contribution in [-0.4, -0.2) is 172 Å². The van der Waals surface area contributed by atoms with Gasteiger partial charge in [0.1, 0.15) is 0 Å². The number of carboxylic acid groups (broad SMARTS) is 3. The number of carboxylic acids is 3. The summed E-state index contributed by atoms with van der Waals surface area (Å²) in [6.45, 7) is 3.16. The molecule has 236 valence electrons. The van der Waals surface area contributed by atoms with Crippen LogP contribution in [0.25, 0.3) is 0 Å². The quantitative estimate of drug-likeness (QED) is 0.116. The van der Waals surface area contributed by atoms with Gasteiger partial charge < -0.3 is 20.4 Å². The van der Waals surface area contributed by atoms with Crippen LogP contribution in [-0.2, 0) is 23.5 Å². The number of hydrogen-bond donors (Lipinski definition) is 5. The van der Waals surface area contributed by atoms with E-state index in [0.717, 1.165) is 25.7 Å². The van der Waals surface area contributed by atoms with Crippen molar-refractivity contribution in [3.63, 3.8) is 0 Å². The van der Waals surface area contributed by atoms with E-state index < -0.39 is 32.3 Å². The molecule has 0 aromatic carbocycles. The van der Waals surface area contributed by atoms with Gasteiger partial charge in [-0.15, -0.1) is 9.42 Å². The fraction of sp³-hybridized carbons (Fsp3) is 0.880. The molecular formula is C25H47N5O10P+. The first-order valence-electron chi connectivity index (χ1n) is 14.2. The molecule has 0 radical (unpaired) electrons. The highest BCUT2D eigenvalue weighted by atomic mass is 31.1. The predicted octanol–water partition coefficient (Wildman–Crippen LogP) is -0.671. The zero-order valence-corrected chi connectivity index (χ0v) is 24.7. The first-order valence-corrected chi connectivity index (χ1v) is 15.4. The van der Waals surface area contributed by atoms with E-state index in [9.17, 15) is 39.4 Å². The van der Waals surface area contributed by atoms with Crippen molar-refractivity contribution in [2.45, 2.75) is 38.2 Å². The fourth-order valence-electron chi connectivity index (χ4n) is 5.51. The summed E-state index contributed by atoms with van der Waals surface area (Å²) in [5, 5.41) is 39.1. The van der Waals surface area contributed by atoms with Gasteiger partial charge in [-0.3, -0.25) is 38.9 Å². The number of hydrogen-bond acceptors (Lipinski definition) is 11. The van der Waals surface area contributed by atoms with Gasteiger partial charge in [0.25, 0.3) is 0 Å². The van der Waals surface area contributed by atoms with Crippen LogP contribution in [0.15, 0.2) is 0 Å². The Hall–Kier alpha value is -1.81. The molecule has 2 atom stereocenters. The molecule has 2 aliphatic rings. The van der Waals surface area contributed by atoms with Crippen molar-refractivity contribution in [2.75, 3.05) is 98.4 Å². The summed E-state index contributed by atoms with van der Waals surface area (Å²) in [7, 11) is -2.77. The third kappa shape index (κ3) is 16.4. The van der Waals surface area contributed by atoms with Crippen LogP contribution in [0.4, 0.5) is 0 Å². The summed E-state index contributed by atoms with van der Waals surface area (Å²) in [5.41, 5.74) is 0. The lowest BCUT2D eigenvalue weighted by Crippen LogP contribution is -2.50. The summed E-state index contributed by atoms with van der Waals surface area (Å²) in [6.07, 6.45) is 4.76. The molecule has 0 aromatic rings. The zero-order valence-electron chi connectivity index (χ0n) is 23.8. The van der Waals surface area contributed by atoms with E-state index in [1.54, 1.807) is 14.7 Å². The maximum absolute atomic E-state index is 11.5. The Bertz CT molecular complexity index is 803. The second-order valence-corrected chi connectivity index (χ2v) is 11.7. The average molecular weight is 609 g/mol. The molecule has 0 spiro atoms. The standard InChI is InChI=1S/C25H46N5O10P/c31-22(16-30(20-40-41(38)39)14-21-4-2-1-3-5-21)15-26-6-8-27(17-23(32)33)10-12-29(19-25(36)37)13-11-28(9-7-26)18-24(34)35/h21-22,31H,1-20H2,(H3-,32,33,34,35,36,37,38,39)/p+1. The van der Waals surface area contributed by atoms with Gasteiger partial charge in [-0.25, -0.2) is 0 Å². The topological polar surface area (TPSA) is 195 Å². The highest BCUT2D eigenvalue weighted by Crippen LogP contribution is 2.25. The van der Waals surface area contributed by atoms with Crippen molar-refractivity contribution < 1.29 is 48.8 Å². The first kappa shape index (κ1) is 35.4. The van der Waals surface area contributed by atoms with Crippen molar-refractivity contribution in [1.29, 1.82) is 0 Å². The largest absolute Gasteiger partial charge is 0.696 e. The smallest absolute Gasteiger partial charge is 0.480 e. The molecule has 0 bridgehead atoms. The van der Waals surface area contributed by atoms with E-state index >= 15 is 0 Å². The van der Waals surface area contributed by atoms with Gasteiger partial charge in [0, 0.05) is 76.6 Å². The Morgan fingerprint density at radius 3 is 1.56 bits per heavy atom. The van der Waals surface area contributed by atoms with Crippen LogP contribution < -0.4 is 0 Å². The lowest BCUT2D eigenvalue weighted by atomic mass is 9.89. The zero-order chi connectivity index (χ0) is 30.2. The summed E-state index contributed by atoms with van der Waals surface area (Å²) in [5.74, 6) is -2.59. The van der Waals surface area contributed by atoms with Crippen LogP contribution >= 0.6 is 8.25 Å². The number of aliphatic hydroxyl groups excluding tert-OH is 1. The average Bonchev–Trinajstić information content (AvgIpc) is 2.88. The minimum Gasteiger partial charge on any atom is -0.480 e. The molecule has 2 unspecified atom stereocenters. The van der Waals surface area contributed by atoms with Crippen molar-refractivity contribution in [3.8, 4) is 0 Å². The van der Waals surface area contributed by atoms with Gasteiger partial charge in [0.05, 0.1) is 25.7 Å². The summed E-state index contributed by atoms with van der Waals surface area (Å²) in [4.78, 5) is 52.4. The monoisotopic (exact) mass is 608 g/mol. The van der Waals surface area contributed by atoms with E-state index in [2.05, 4.69) is 0 Å². The molecule has 5 N–H and O–H groups in total. The van der Waals surface area contributed by atoms with Crippen LogP contribution in [0.5, 0.6) is 0 Å². The molecule has 2 rings (SSSR count). The van der Waals surface area contributed by atoms with Crippen LogP contribution in [0, 0.1) is 5.92 Å². The third-order valence-electron chi connectivity index (χ3n) is 7.54. The maximum atomic E-state index is 11.5. The SMILES string of the molecule is O=C(O)CN1CCN(CC(=O)O)CCN(CC(O)CN(CO[P+](=O)O)CC2CCCCC2)CCN(CC(=O)O)CC1. The van der Waals surface area contributed by atoms with Crippen molar-refractivity contribution in [3.05, 3.63) is 0 Å². The second kappa shape index (κ2) is 19.4. The van der Waals surface area contributed by atoms with Crippen LogP contribution in [0.2, 0.25) is 0 Å². The lowest BCUT2D eigenvalue weighted by Gasteiger charge is -2.34. The Kier molecular flexibility index (Phi) is 16.7. The van der Waals surface area contributed by atoms with Gasteiger partial charge in [-0.1, -0.05) is 19.3 Å². The number of aliphatic carboxylic acids is 3. The van der Waals surface area contributed by atoms with E-state index in [0.29, 0.717) is 64.8 Å². The van der Waals surface area contributed by atoms with E-state index in [1.165, 1.54) is 6.42 Å². The number of rotatable bonds is 15. The Labute approximate surface area is 242 Å². The van der Waals surface area contributed by atoms with Crippen molar-refractivity contribution >= 4 is 26.2 Å². The molecule has 16 heteroatoms. The highest BCUT2D eigenvalue weighted by molar-refractivity contribution is 7.32. The summed E-state index contributed by atoms with van der Waals surface area (Å²) < 4.78 is 16.1. The van der Waals surface area contributed by atoms with Crippen LogP contribution in [0.3, 0.4) is 0 Å². The first-order chi connectivity index (χ1) is 19.5. The molecule has 15 nitrogen and oxygen atoms in total. The molecule has 0 aromatic heterocycles. The van der Waals surface area contributed by atoms with Crippen LogP contribution in [0.1, 0.15) is 32.1 Å². The molecule has 1 aliphatic carbocycles. The normalized spacial score (nSPS) is 21.2. The summed E-state index contributed by atoms with van der Waals surface area (Å²) in [6, 6.07) is 0. The minimum absolute atomic E-state index is 0.0785. The number of β-amino-alcohol motifs (C(OH)–C–C–N with tert-alkyl or cyclic N) is 1. The Balaban J connectivity index is 2.10. The molecule has 1 heterocycles. The fourth-order valence-corrected chi connectivity index (χ4v) is 5.77. The van der Waals surface area contributed by atoms with Gasteiger partial charge in [-0.05, 0) is 18.8 Å². The van der Waals surface area contributed by atoms with Gasteiger partial charge in [0.15, 0.2) is 6.73 Å². The molecule has 1 saturated carbocycles. The Morgan fingerprint density at radius 2 is 1.17 bits per heavy atom. The molecule has 0 amide bonds. The number of nitrogens with zero attached hydrogens (tertiary/aromatic N) is 5.